The van der Waals surface area contributed by atoms with Crippen LogP contribution in [0.2, 0.25) is 0 Å². The molecule has 0 saturated heterocycles. The second kappa shape index (κ2) is 8.95. The lowest BCUT2D eigenvalue weighted by Crippen LogP contribution is -2.34. The molecule has 0 spiro atoms. The van der Waals surface area contributed by atoms with Crippen molar-refractivity contribution < 1.29 is 4.79 Å². The summed E-state index contributed by atoms with van der Waals surface area (Å²) in [6.07, 6.45) is 4.87. The Kier molecular flexibility index (Phi) is 5.93. The van der Waals surface area contributed by atoms with Crippen LogP contribution < -0.4 is 16.0 Å². The van der Waals surface area contributed by atoms with E-state index in [4.69, 9.17) is 0 Å². The van der Waals surface area contributed by atoms with Crippen molar-refractivity contribution in [1.82, 2.24) is 9.97 Å². The van der Waals surface area contributed by atoms with Crippen LogP contribution in [0.1, 0.15) is 45.6 Å². The van der Waals surface area contributed by atoms with Crippen molar-refractivity contribution >= 4 is 23.9 Å². The summed E-state index contributed by atoms with van der Waals surface area (Å²) in [7, 11) is 0. The normalized spacial score (nSPS) is 13.1. The molecular formula is C24H25N5O2. The molecule has 7 nitrogen and oxygen atoms in total. The maximum Gasteiger partial charge on any atom is 0.278 e. The third-order valence-corrected chi connectivity index (χ3v) is 5.34. The Morgan fingerprint density at radius 1 is 1.13 bits per heavy atom. The van der Waals surface area contributed by atoms with Gasteiger partial charge in [0.2, 0.25) is 5.95 Å². The first-order valence-corrected chi connectivity index (χ1v) is 10.4. The van der Waals surface area contributed by atoms with Gasteiger partial charge in [-0.2, -0.15) is 4.99 Å². The highest BCUT2D eigenvalue weighted by molar-refractivity contribution is 6.01. The van der Waals surface area contributed by atoms with Crippen LogP contribution >= 0.6 is 0 Å². The zero-order valence-corrected chi connectivity index (χ0v) is 17.7. The van der Waals surface area contributed by atoms with E-state index in [1.54, 1.807) is 24.3 Å². The number of anilines is 2. The number of carbonyl (C=O) groups is 1. The van der Waals surface area contributed by atoms with E-state index in [0.717, 1.165) is 53.8 Å². The first-order valence-electron chi connectivity index (χ1n) is 10.4. The van der Waals surface area contributed by atoms with E-state index in [0.29, 0.717) is 11.5 Å². The van der Waals surface area contributed by atoms with Crippen molar-refractivity contribution in [3.05, 3.63) is 86.8 Å². The maximum absolute atomic E-state index is 12.7. The number of carbonyl (C=O) groups excluding carboxylic acids is 1. The van der Waals surface area contributed by atoms with E-state index >= 15 is 0 Å². The monoisotopic (exact) mass is 415 g/mol. The van der Waals surface area contributed by atoms with Crippen molar-refractivity contribution in [2.75, 3.05) is 10.4 Å². The number of rotatable bonds is 5. The van der Waals surface area contributed by atoms with Gasteiger partial charge in [0.1, 0.15) is 6.34 Å². The topological polar surface area (TPSA) is 90.4 Å². The van der Waals surface area contributed by atoms with Crippen molar-refractivity contribution in [3.63, 3.8) is 0 Å². The number of amides is 1. The summed E-state index contributed by atoms with van der Waals surface area (Å²) in [5.74, 6) is -0.0800. The standard InChI is InChI=1S/C24H25N5O2/c1-16-12-13-20(17(2)14-16)28-29(15-25-22(30)18-8-4-3-5-9-18)24-26-21-11-7-6-10-19(21)23(31)27-24/h3-5,8-9,12-15,28H,6-7,10-11H2,1-2H3,(H,26,27,31). The average Bonchev–Trinajstić information content (AvgIpc) is 2.78. The van der Waals surface area contributed by atoms with Crippen LogP contribution in [0.3, 0.4) is 0 Å². The number of H-pyrrole nitrogens is 1. The Morgan fingerprint density at radius 2 is 1.90 bits per heavy atom. The summed E-state index contributed by atoms with van der Waals surface area (Å²) >= 11 is 0. The highest BCUT2D eigenvalue weighted by Gasteiger charge is 2.18. The minimum atomic E-state index is -0.381. The molecule has 0 fully saturated rings. The van der Waals surface area contributed by atoms with E-state index in [1.807, 2.05) is 32.0 Å². The molecule has 1 heterocycles. The summed E-state index contributed by atoms with van der Waals surface area (Å²) < 4.78 is 0. The Labute approximate surface area is 180 Å². The zero-order valence-electron chi connectivity index (χ0n) is 17.7. The van der Waals surface area contributed by atoms with Gasteiger partial charge in [0, 0.05) is 11.1 Å². The van der Waals surface area contributed by atoms with Crippen LogP contribution in [-0.2, 0) is 12.8 Å². The molecule has 0 bridgehead atoms. The zero-order chi connectivity index (χ0) is 21.8. The first-order chi connectivity index (χ1) is 15.0. The third-order valence-electron chi connectivity index (χ3n) is 5.34. The molecule has 1 aliphatic carbocycles. The van der Waals surface area contributed by atoms with E-state index in [-0.39, 0.29) is 11.5 Å². The fourth-order valence-electron chi connectivity index (χ4n) is 3.67. The molecule has 1 amide bonds. The quantitative estimate of drug-likeness (QED) is 0.374. The second-order valence-corrected chi connectivity index (χ2v) is 7.74. The predicted molar refractivity (Wildman–Crippen MR) is 123 cm³/mol. The van der Waals surface area contributed by atoms with Gasteiger partial charge in [0.15, 0.2) is 0 Å². The fourth-order valence-corrected chi connectivity index (χ4v) is 3.67. The smallest absolute Gasteiger partial charge is 0.278 e. The second-order valence-electron chi connectivity index (χ2n) is 7.74. The highest BCUT2D eigenvalue weighted by Crippen LogP contribution is 2.20. The Bertz CT molecular complexity index is 1180. The summed E-state index contributed by atoms with van der Waals surface area (Å²) in [5, 5.41) is 1.49. The lowest BCUT2D eigenvalue weighted by atomic mass is 9.97. The molecule has 31 heavy (non-hydrogen) atoms. The highest BCUT2D eigenvalue weighted by atomic mass is 16.1. The van der Waals surface area contributed by atoms with Crippen LogP contribution in [0.5, 0.6) is 0 Å². The first kappa shape index (κ1) is 20.5. The number of nitrogens with zero attached hydrogens (tertiary/aromatic N) is 3. The lowest BCUT2D eigenvalue weighted by molar-refractivity contribution is 0.100. The van der Waals surface area contributed by atoms with Crippen molar-refractivity contribution in [1.29, 1.82) is 0 Å². The van der Waals surface area contributed by atoms with E-state index < -0.39 is 0 Å². The minimum Gasteiger partial charge on any atom is -0.291 e. The molecule has 0 atom stereocenters. The largest absolute Gasteiger partial charge is 0.291 e. The van der Waals surface area contributed by atoms with Gasteiger partial charge in [-0.05, 0) is 63.3 Å². The minimum absolute atomic E-state index is 0.144. The number of aromatic amines is 1. The predicted octanol–water partition coefficient (Wildman–Crippen LogP) is 3.97. The van der Waals surface area contributed by atoms with Gasteiger partial charge in [-0.15, -0.1) is 0 Å². The average molecular weight is 415 g/mol. The van der Waals surface area contributed by atoms with Crippen molar-refractivity contribution in [3.8, 4) is 0 Å². The Morgan fingerprint density at radius 3 is 2.68 bits per heavy atom. The summed E-state index contributed by atoms with van der Waals surface area (Å²) in [6.45, 7) is 4.01. The molecule has 2 N–H and O–H groups in total. The Balaban J connectivity index is 1.70. The molecular weight excluding hydrogens is 390 g/mol. The van der Waals surface area contributed by atoms with E-state index in [1.165, 1.54) is 11.3 Å². The maximum atomic E-state index is 12.7. The number of hydrogen-bond acceptors (Lipinski definition) is 4. The number of aryl methyl sites for hydroxylation is 3. The van der Waals surface area contributed by atoms with Crippen molar-refractivity contribution in [2.45, 2.75) is 39.5 Å². The number of nitrogens with one attached hydrogen (secondary N) is 2. The molecule has 1 aromatic heterocycles. The van der Waals surface area contributed by atoms with Gasteiger partial charge in [0.25, 0.3) is 11.5 Å². The van der Waals surface area contributed by atoms with Crippen LogP contribution in [0.4, 0.5) is 11.6 Å². The van der Waals surface area contributed by atoms with Crippen LogP contribution in [0.25, 0.3) is 0 Å². The molecule has 0 saturated carbocycles. The SMILES string of the molecule is Cc1ccc(NN(C=NC(=O)c2ccccc2)c2nc3c(c(=O)[nH]2)CCCC3)c(C)c1. The van der Waals surface area contributed by atoms with Gasteiger partial charge in [-0.25, -0.2) is 9.99 Å². The van der Waals surface area contributed by atoms with Gasteiger partial charge in [-0.3, -0.25) is 20.0 Å². The van der Waals surface area contributed by atoms with Crippen molar-refractivity contribution in [2.24, 2.45) is 4.99 Å². The van der Waals surface area contributed by atoms with E-state index in [9.17, 15) is 9.59 Å². The number of hydrogen-bond donors (Lipinski definition) is 2. The third kappa shape index (κ3) is 4.71. The summed E-state index contributed by atoms with van der Waals surface area (Å²) in [4.78, 5) is 36.8. The number of hydrazine groups is 1. The molecule has 0 aliphatic heterocycles. The molecule has 0 radical (unpaired) electrons. The number of benzene rings is 2. The molecule has 1 aliphatic rings. The molecule has 4 rings (SSSR count). The van der Waals surface area contributed by atoms with Gasteiger partial charge in [0.05, 0.1) is 11.4 Å². The van der Waals surface area contributed by atoms with Gasteiger partial charge in [-0.1, -0.05) is 35.9 Å². The Hall–Kier alpha value is -3.74. The molecule has 158 valence electrons. The number of aromatic nitrogens is 2. The number of aliphatic imine (C=N–C) groups is 1. The molecule has 2 aromatic carbocycles. The number of fused-ring (bicyclic) bond motifs is 1. The molecule has 3 aromatic rings. The van der Waals surface area contributed by atoms with Crippen LogP contribution in [0, 0.1) is 13.8 Å². The van der Waals surface area contributed by atoms with Gasteiger partial charge >= 0.3 is 0 Å². The molecule has 7 heteroatoms. The lowest BCUT2D eigenvalue weighted by Gasteiger charge is -2.23. The summed E-state index contributed by atoms with van der Waals surface area (Å²) in [6, 6.07) is 14.8. The van der Waals surface area contributed by atoms with Crippen LogP contribution in [0.15, 0.2) is 58.3 Å². The fraction of sp³-hybridized carbons (Fsp3) is 0.250. The van der Waals surface area contributed by atoms with E-state index in [2.05, 4.69) is 26.5 Å². The summed E-state index contributed by atoms with van der Waals surface area (Å²) in [5.41, 5.74) is 8.11. The molecule has 0 unspecified atom stereocenters. The van der Waals surface area contributed by atoms with Gasteiger partial charge < -0.3 is 0 Å². The van der Waals surface area contributed by atoms with Crippen LogP contribution in [-0.4, -0.2) is 22.2 Å².